The molecule has 0 amide bonds. The Hall–Kier alpha value is -0.110. The third-order valence-corrected chi connectivity index (χ3v) is 5.70. The Labute approximate surface area is 178 Å². The summed E-state index contributed by atoms with van der Waals surface area (Å²) >= 11 is 0. The minimum absolute atomic E-state index is 0. The molecule has 3 heteroatoms. The van der Waals surface area contributed by atoms with Gasteiger partial charge in [0.1, 0.15) is 0 Å². The van der Waals surface area contributed by atoms with Crippen LogP contribution in [-0.4, -0.2) is 0 Å². The van der Waals surface area contributed by atoms with Gasteiger partial charge in [-0.25, -0.2) is 5.57 Å². The first kappa shape index (κ1) is 23.9. The molecule has 0 spiro atoms. The molecule has 2 aliphatic rings. The van der Waals surface area contributed by atoms with Gasteiger partial charge in [0, 0.05) is 31.3 Å². The van der Waals surface area contributed by atoms with E-state index in [1.54, 1.807) is 0 Å². The first-order valence-corrected chi connectivity index (χ1v) is 7.90. The van der Waals surface area contributed by atoms with E-state index in [1.165, 1.54) is 44.6 Å². The van der Waals surface area contributed by atoms with Crippen LogP contribution in [0.4, 0.5) is 0 Å². The van der Waals surface area contributed by atoms with E-state index in [0.717, 1.165) is 0 Å². The number of rotatable bonds is 1. The number of fused-ring (bicyclic) bond motifs is 1. The van der Waals surface area contributed by atoms with Crippen LogP contribution in [0.2, 0.25) is 0 Å². The molecule has 1 aromatic rings. The predicted octanol–water partition coefficient (Wildman–Crippen LogP) is 0.165. The van der Waals surface area contributed by atoms with E-state index in [1.807, 2.05) is 0 Å². The smallest absolute Gasteiger partial charge is 0.0102 e. The van der Waals surface area contributed by atoms with Gasteiger partial charge in [0.2, 0.25) is 0 Å². The molecule has 1 atom stereocenters. The zero-order valence-electron chi connectivity index (χ0n) is 15.6. The van der Waals surface area contributed by atoms with Gasteiger partial charge in [0.05, 0.1) is 0 Å². The summed E-state index contributed by atoms with van der Waals surface area (Å²) in [5.74, 6) is 0.417. The monoisotopic (exact) mass is 527 g/mol. The molecule has 0 saturated heterocycles. The SMILES string of the molecule is CC1=[C-]C(C)c2cccc(C3=C(C)C(C)=C(C)C3(C)C)c21.[Cl-].[Cl-].[Hf]. The Morgan fingerprint density at radius 1 is 0.958 bits per heavy atom. The van der Waals surface area contributed by atoms with Gasteiger partial charge in [0.25, 0.3) is 0 Å². The molecular weight excluding hydrogens is 502 g/mol. The summed E-state index contributed by atoms with van der Waals surface area (Å²) in [6, 6.07) is 6.77. The normalized spacial score (nSPS) is 20.8. The zero-order valence-corrected chi connectivity index (χ0v) is 20.7. The second kappa shape index (κ2) is 8.06. The van der Waals surface area contributed by atoms with Crippen LogP contribution in [-0.2, 0) is 25.8 Å². The maximum absolute atomic E-state index is 3.59. The number of benzene rings is 1. The Balaban J connectivity index is 0.00000176. The van der Waals surface area contributed by atoms with Crippen LogP contribution in [0, 0.1) is 11.5 Å². The molecule has 130 valence electrons. The molecule has 0 radical (unpaired) electrons. The van der Waals surface area contributed by atoms with E-state index >= 15 is 0 Å². The Morgan fingerprint density at radius 3 is 2.04 bits per heavy atom. The van der Waals surface area contributed by atoms with Gasteiger partial charge in [-0.05, 0) is 37.5 Å². The third-order valence-electron chi connectivity index (χ3n) is 5.70. The van der Waals surface area contributed by atoms with Gasteiger partial charge in [-0.15, -0.1) is 5.56 Å². The Morgan fingerprint density at radius 2 is 1.54 bits per heavy atom. The average molecular weight is 527 g/mol. The maximum atomic E-state index is 3.59. The van der Waals surface area contributed by atoms with Gasteiger partial charge in [-0.1, -0.05) is 62.9 Å². The van der Waals surface area contributed by atoms with E-state index < -0.39 is 0 Å². The van der Waals surface area contributed by atoms with E-state index in [2.05, 4.69) is 72.7 Å². The van der Waals surface area contributed by atoms with Gasteiger partial charge in [-0.3, -0.25) is 6.08 Å². The summed E-state index contributed by atoms with van der Waals surface area (Å²) in [5.41, 5.74) is 11.6. The van der Waals surface area contributed by atoms with E-state index in [9.17, 15) is 0 Å². The molecule has 0 bridgehead atoms. The fourth-order valence-electron chi connectivity index (χ4n) is 4.16. The molecule has 0 N–H and O–H groups in total. The molecule has 1 aromatic carbocycles. The van der Waals surface area contributed by atoms with Crippen molar-refractivity contribution >= 4 is 11.1 Å². The fourth-order valence-corrected chi connectivity index (χ4v) is 4.16. The predicted molar refractivity (Wildman–Crippen MR) is 91.9 cm³/mol. The van der Waals surface area contributed by atoms with Crippen molar-refractivity contribution in [2.45, 2.75) is 54.4 Å². The van der Waals surface area contributed by atoms with Gasteiger partial charge in [-0.2, -0.15) is 5.56 Å². The number of halogens is 2. The number of hydrogen-bond donors (Lipinski definition) is 0. The summed E-state index contributed by atoms with van der Waals surface area (Å²) in [4.78, 5) is 0. The molecule has 3 rings (SSSR count). The fraction of sp³-hybridized carbons (Fsp3) is 0.429. The standard InChI is InChI=1S/C21H25.2ClH.Hf/c1-12-11-13(2)19-17(12)9-8-10-18(19)20-15(4)14(3)16(5)21(20,6)7;;;/h8-10,12H,1-7H3;2*1H;/q-1;;;/p-2. The summed E-state index contributed by atoms with van der Waals surface area (Å²) in [5, 5.41) is 0. The molecule has 0 aliphatic heterocycles. The van der Waals surface area contributed by atoms with E-state index in [-0.39, 0.29) is 56.1 Å². The van der Waals surface area contributed by atoms with Crippen LogP contribution in [0.15, 0.2) is 34.9 Å². The van der Waals surface area contributed by atoms with Crippen molar-refractivity contribution in [2.24, 2.45) is 5.41 Å². The van der Waals surface area contributed by atoms with Gasteiger partial charge in [0.15, 0.2) is 0 Å². The van der Waals surface area contributed by atoms with Crippen LogP contribution in [0.5, 0.6) is 0 Å². The Bertz CT molecular complexity index is 736. The van der Waals surface area contributed by atoms with Crippen molar-refractivity contribution in [3.05, 3.63) is 57.7 Å². The second-order valence-electron chi connectivity index (χ2n) is 7.14. The topological polar surface area (TPSA) is 0 Å². The molecule has 0 saturated carbocycles. The minimum Gasteiger partial charge on any atom is -1.00 e. The van der Waals surface area contributed by atoms with Crippen molar-refractivity contribution in [1.82, 2.24) is 0 Å². The van der Waals surface area contributed by atoms with Crippen molar-refractivity contribution in [3.63, 3.8) is 0 Å². The zero-order chi connectivity index (χ0) is 15.5. The molecule has 0 aromatic heterocycles. The van der Waals surface area contributed by atoms with Crippen molar-refractivity contribution < 1.29 is 50.7 Å². The average Bonchev–Trinajstić information content (AvgIpc) is 2.79. The molecule has 1 unspecified atom stereocenters. The Kier molecular flexibility index (Phi) is 8.02. The second-order valence-corrected chi connectivity index (χ2v) is 7.14. The van der Waals surface area contributed by atoms with Gasteiger partial charge < -0.3 is 24.8 Å². The molecule has 0 heterocycles. The molecular formula is C21H25Cl2Hf-3. The molecule has 0 fully saturated rings. The van der Waals surface area contributed by atoms with Crippen molar-refractivity contribution in [1.29, 1.82) is 0 Å². The molecule has 24 heavy (non-hydrogen) atoms. The summed E-state index contributed by atoms with van der Waals surface area (Å²) in [6.45, 7) is 16.0. The van der Waals surface area contributed by atoms with Gasteiger partial charge >= 0.3 is 0 Å². The summed E-state index contributed by atoms with van der Waals surface area (Å²) < 4.78 is 0. The molecule has 0 nitrogen and oxygen atoms in total. The van der Waals surface area contributed by atoms with Crippen LogP contribution < -0.4 is 24.8 Å². The largest absolute Gasteiger partial charge is 1.00 e. The summed E-state index contributed by atoms with van der Waals surface area (Å²) in [7, 11) is 0. The quantitative estimate of drug-likeness (QED) is 0.362. The minimum atomic E-state index is 0. The maximum Gasteiger partial charge on any atom is 0.0102 e. The van der Waals surface area contributed by atoms with Crippen molar-refractivity contribution in [3.8, 4) is 0 Å². The van der Waals surface area contributed by atoms with Crippen molar-refractivity contribution in [2.75, 3.05) is 0 Å². The van der Waals surface area contributed by atoms with Crippen LogP contribution >= 0.6 is 0 Å². The molecule has 2 aliphatic carbocycles. The van der Waals surface area contributed by atoms with Crippen LogP contribution in [0.3, 0.4) is 0 Å². The van der Waals surface area contributed by atoms with Crippen LogP contribution in [0.25, 0.3) is 11.1 Å². The van der Waals surface area contributed by atoms with E-state index in [4.69, 9.17) is 0 Å². The van der Waals surface area contributed by atoms with Crippen LogP contribution in [0.1, 0.15) is 71.1 Å². The number of allylic oxidation sites excluding steroid dienone is 6. The first-order chi connectivity index (χ1) is 9.76. The summed E-state index contributed by atoms with van der Waals surface area (Å²) in [6.07, 6.45) is 3.59. The third kappa shape index (κ3) is 3.29. The number of hydrogen-bond acceptors (Lipinski definition) is 0. The first-order valence-electron chi connectivity index (χ1n) is 7.90. The van der Waals surface area contributed by atoms with E-state index in [0.29, 0.717) is 5.92 Å².